The lowest BCUT2D eigenvalue weighted by Crippen LogP contribution is -2.39. The van der Waals surface area contributed by atoms with E-state index < -0.39 is 15.9 Å². The van der Waals surface area contributed by atoms with Crippen molar-refractivity contribution >= 4 is 44.5 Å². The maximum Gasteiger partial charge on any atom is 0.270 e. The smallest absolute Gasteiger partial charge is 0.270 e. The lowest BCUT2D eigenvalue weighted by atomic mass is 9.95. The fourth-order valence-corrected chi connectivity index (χ4v) is 5.62. The van der Waals surface area contributed by atoms with Gasteiger partial charge in [-0.25, -0.2) is 8.42 Å². The van der Waals surface area contributed by atoms with Crippen molar-refractivity contribution in [1.29, 1.82) is 0 Å². The van der Waals surface area contributed by atoms with Crippen molar-refractivity contribution < 1.29 is 13.2 Å². The summed E-state index contributed by atoms with van der Waals surface area (Å²) in [5.74, 6) is -0.724. The lowest BCUT2D eigenvalue weighted by Gasteiger charge is -2.32. The molecule has 0 atom stereocenters. The third-order valence-electron chi connectivity index (χ3n) is 5.23. The molecule has 0 bridgehead atoms. The van der Waals surface area contributed by atoms with Gasteiger partial charge in [-0.15, -0.1) is 6.58 Å². The second kappa shape index (κ2) is 8.65. The van der Waals surface area contributed by atoms with Gasteiger partial charge < -0.3 is 5.32 Å². The van der Waals surface area contributed by atoms with Gasteiger partial charge in [-0.1, -0.05) is 72.3 Å². The summed E-state index contributed by atoms with van der Waals surface area (Å²) in [7, 11) is -4.18. The number of hydrogen-bond acceptors (Lipinski definition) is 3. The molecule has 4 rings (SSSR count). The van der Waals surface area contributed by atoms with Crippen LogP contribution < -0.4 is 9.62 Å². The molecule has 0 aromatic heterocycles. The first-order chi connectivity index (χ1) is 15.3. The van der Waals surface area contributed by atoms with Crippen molar-refractivity contribution in [3.8, 4) is 0 Å². The molecular weight excluding hydrogens is 444 g/mol. The van der Waals surface area contributed by atoms with E-state index in [1.165, 1.54) is 10.4 Å². The van der Waals surface area contributed by atoms with Crippen LogP contribution in [0.15, 0.2) is 90.4 Å². The van der Waals surface area contributed by atoms with Crippen LogP contribution in [0, 0.1) is 6.92 Å². The number of carbonyl (C=O) groups excluding carboxylic acids is 1. The van der Waals surface area contributed by atoms with Gasteiger partial charge in [0.15, 0.2) is 4.91 Å². The molecule has 0 aliphatic carbocycles. The third kappa shape index (κ3) is 3.83. The predicted octanol–water partition coefficient (Wildman–Crippen LogP) is 5.38. The predicted molar refractivity (Wildman–Crippen MR) is 130 cm³/mol. The van der Waals surface area contributed by atoms with Gasteiger partial charge in [0.25, 0.3) is 15.9 Å². The van der Waals surface area contributed by atoms with Crippen LogP contribution in [0.25, 0.3) is 5.57 Å². The van der Waals surface area contributed by atoms with E-state index in [0.29, 0.717) is 33.1 Å². The number of hydrogen-bond donors (Lipinski definition) is 1. The second-order valence-electron chi connectivity index (χ2n) is 7.33. The SMILES string of the molecule is C=CCN1c2ccccc2C(c2ccccc2)=C(C(=O)Nc2cc(Cl)ccc2C)S1(=O)=O. The van der Waals surface area contributed by atoms with Crippen molar-refractivity contribution in [3.05, 3.63) is 112 Å². The van der Waals surface area contributed by atoms with Crippen LogP contribution in [0.5, 0.6) is 0 Å². The van der Waals surface area contributed by atoms with Gasteiger partial charge in [0.2, 0.25) is 0 Å². The average molecular weight is 465 g/mol. The molecule has 3 aromatic carbocycles. The first-order valence-electron chi connectivity index (χ1n) is 9.95. The highest BCUT2D eigenvalue weighted by Crippen LogP contribution is 2.43. The number of nitrogens with zero attached hydrogens (tertiary/aromatic N) is 1. The van der Waals surface area contributed by atoms with Crippen LogP contribution in [-0.4, -0.2) is 20.9 Å². The number of fused-ring (bicyclic) bond motifs is 1. The fraction of sp³-hybridized carbons (Fsp3) is 0.0800. The Kier molecular flexibility index (Phi) is 5.91. The number of amides is 1. The van der Waals surface area contributed by atoms with Crippen LogP contribution >= 0.6 is 11.6 Å². The molecule has 1 heterocycles. The Bertz CT molecular complexity index is 1350. The van der Waals surface area contributed by atoms with Crippen LogP contribution in [0.3, 0.4) is 0 Å². The van der Waals surface area contributed by atoms with Crippen molar-refractivity contribution in [1.82, 2.24) is 0 Å². The van der Waals surface area contributed by atoms with Crippen molar-refractivity contribution in [3.63, 3.8) is 0 Å². The van der Waals surface area contributed by atoms with E-state index in [1.54, 1.807) is 42.5 Å². The topological polar surface area (TPSA) is 66.5 Å². The number of rotatable bonds is 5. The Hall–Kier alpha value is -3.35. The molecule has 1 aliphatic heterocycles. The second-order valence-corrected chi connectivity index (χ2v) is 9.56. The Morgan fingerprint density at radius 3 is 2.47 bits per heavy atom. The summed E-state index contributed by atoms with van der Waals surface area (Å²) in [6.45, 7) is 5.54. The van der Waals surface area contributed by atoms with Gasteiger partial charge in [0, 0.05) is 21.8 Å². The molecule has 1 aliphatic rings. The number of aryl methyl sites for hydroxylation is 1. The summed E-state index contributed by atoms with van der Waals surface area (Å²) in [5.41, 5.74) is 3.37. The van der Waals surface area contributed by atoms with Crippen LogP contribution in [0.1, 0.15) is 16.7 Å². The molecule has 32 heavy (non-hydrogen) atoms. The molecule has 162 valence electrons. The Morgan fingerprint density at radius 1 is 1.06 bits per heavy atom. The summed E-state index contributed by atoms with van der Waals surface area (Å²) in [5, 5.41) is 3.19. The molecule has 1 N–H and O–H groups in total. The molecule has 1 amide bonds. The van der Waals surface area contributed by atoms with E-state index in [0.717, 1.165) is 5.56 Å². The zero-order valence-electron chi connectivity index (χ0n) is 17.4. The molecule has 0 saturated heterocycles. The van der Waals surface area contributed by atoms with Gasteiger partial charge in [-0.3, -0.25) is 9.10 Å². The van der Waals surface area contributed by atoms with Gasteiger partial charge in [-0.05, 0) is 36.2 Å². The fourth-order valence-electron chi connectivity index (χ4n) is 3.74. The number of anilines is 2. The Morgan fingerprint density at radius 2 is 1.75 bits per heavy atom. The molecule has 0 spiro atoms. The minimum atomic E-state index is -4.18. The molecule has 0 saturated carbocycles. The normalized spacial score (nSPS) is 14.6. The van der Waals surface area contributed by atoms with Gasteiger partial charge in [0.05, 0.1) is 12.2 Å². The quantitative estimate of drug-likeness (QED) is 0.515. The van der Waals surface area contributed by atoms with Gasteiger partial charge in [0.1, 0.15) is 0 Å². The maximum atomic E-state index is 13.8. The van der Waals surface area contributed by atoms with E-state index in [2.05, 4.69) is 11.9 Å². The number of sulfonamides is 1. The standard InChI is InChI=1S/C25H21ClN2O3S/c1-3-15-28-22-12-8-7-11-20(22)23(18-9-5-4-6-10-18)24(32(28,30)31)25(29)27-21-16-19(26)14-13-17(21)2/h3-14,16H,1,15H2,2H3,(H,27,29). The minimum Gasteiger partial charge on any atom is -0.321 e. The number of benzene rings is 3. The molecule has 5 nitrogen and oxygen atoms in total. The highest BCUT2D eigenvalue weighted by molar-refractivity contribution is 7.97. The highest BCUT2D eigenvalue weighted by atomic mass is 35.5. The van der Waals surface area contributed by atoms with E-state index in [9.17, 15) is 13.2 Å². The summed E-state index contributed by atoms with van der Waals surface area (Å²) >= 11 is 6.10. The number of carbonyl (C=O) groups is 1. The first kappa shape index (κ1) is 21.9. The molecular formula is C25H21ClN2O3S. The molecule has 0 radical (unpaired) electrons. The van der Waals surface area contributed by atoms with Crippen molar-refractivity contribution in [2.24, 2.45) is 0 Å². The number of nitrogens with one attached hydrogen (secondary N) is 1. The third-order valence-corrected chi connectivity index (χ3v) is 7.30. The molecule has 0 unspecified atom stereocenters. The number of halogens is 1. The zero-order valence-corrected chi connectivity index (χ0v) is 19.0. The van der Waals surface area contributed by atoms with E-state index in [1.807, 2.05) is 37.3 Å². The summed E-state index contributed by atoms with van der Waals surface area (Å²) in [4.78, 5) is 13.2. The zero-order chi connectivity index (χ0) is 22.9. The van der Waals surface area contributed by atoms with E-state index in [-0.39, 0.29) is 11.4 Å². The van der Waals surface area contributed by atoms with Gasteiger partial charge >= 0.3 is 0 Å². The Balaban J connectivity index is 1.99. The van der Waals surface area contributed by atoms with Crippen molar-refractivity contribution in [2.45, 2.75) is 6.92 Å². The Labute approximate surface area is 192 Å². The average Bonchev–Trinajstić information content (AvgIpc) is 2.78. The summed E-state index contributed by atoms with van der Waals surface area (Å²) < 4.78 is 28.7. The van der Waals surface area contributed by atoms with Crippen LogP contribution in [0.4, 0.5) is 11.4 Å². The number of para-hydroxylation sites is 1. The van der Waals surface area contributed by atoms with Crippen LogP contribution in [0.2, 0.25) is 5.02 Å². The minimum absolute atomic E-state index is 0.0361. The van der Waals surface area contributed by atoms with E-state index >= 15 is 0 Å². The largest absolute Gasteiger partial charge is 0.321 e. The lowest BCUT2D eigenvalue weighted by molar-refractivity contribution is -0.112. The molecule has 0 fully saturated rings. The molecule has 3 aromatic rings. The highest BCUT2D eigenvalue weighted by Gasteiger charge is 2.40. The van der Waals surface area contributed by atoms with Crippen molar-refractivity contribution in [2.75, 3.05) is 16.2 Å². The first-order valence-corrected chi connectivity index (χ1v) is 11.8. The molecule has 7 heteroatoms. The summed E-state index contributed by atoms with van der Waals surface area (Å²) in [6.07, 6.45) is 1.50. The summed E-state index contributed by atoms with van der Waals surface area (Å²) in [6, 6.07) is 21.3. The van der Waals surface area contributed by atoms with Crippen LogP contribution in [-0.2, 0) is 14.8 Å². The maximum absolute atomic E-state index is 13.8. The van der Waals surface area contributed by atoms with E-state index in [4.69, 9.17) is 11.6 Å². The monoisotopic (exact) mass is 464 g/mol. The van der Waals surface area contributed by atoms with Gasteiger partial charge in [-0.2, -0.15) is 0 Å².